The number of ether oxygens (including phenoxy) is 3. The van der Waals surface area contributed by atoms with E-state index >= 15 is 0 Å². The molecule has 1 aromatic carbocycles. The molecule has 0 bridgehead atoms. The third kappa shape index (κ3) is 6.32. The Morgan fingerprint density at radius 3 is 2.78 bits per heavy atom. The molecule has 178 valence electrons. The molecule has 2 aliphatic heterocycles. The van der Waals surface area contributed by atoms with Crippen molar-refractivity contribution in [3.05, 3.63) is 47.4 Å². The third-order valence-electron chi connectivity index (χ3n) is 6.03. The molecule has 0 spiro atoms. The molecule has 4 rings (SSSR count). The Kier molecular flexibility index (Phi) is 10.2. The van der Waals surface area contributed by atoms with Gasteiger partial charge in [0, 0.05) is 19.1 Å². The summed E-state index contributed by atoms with van der Waals surface area (Å²) < 4.78 is 21.5. The number of nitrogens with zero attached hydrogens (tertiary/aromatic N) is 1. The van der Waals surface area contributed by atoms with E-state index < -0.39 is 5.97 Å². The third-order valence-corrected chi connectivity index (χ3v) is 6.03. The predicted molar refractivity (Wildman–Crippen MR) is 126 cm³/mol. The van der Waals surface area contributed by atoms with Crippen molar-refractivity contribution in [2.24, 2.45) is 5.92 Å². The Labute approximate surface area is 201 Å². The Bertz CT molecular complexity index is 876. The van der Waals surface area contributed by atoms with Crippen molar-refractivity contribution in [2.45, 2.75) is 38.5 Å². The molecule has 1 aromatic heterocycles. The number of carbonyl (C=O) groups excluding carboxylic acids is 1. The van der Waals surface area contributed by atoms with Crippen LogP contribution in [0.15, 0.2) is 34.7 Å². The summed E-state index contributed by atoms with van der Waals surface area (Å²) in [4.78, 5) is 14.0. The van der Waals surface area contributed by atoms with Crippen LogP contribution in [0.3, 0.4) is 0 Å². The fraction of sp³-hybridized carbons (Fsp3) is 0.522. The number of hydrogen-bond acceptors (Lipinski definition) is 7. The highest BCUT2D eigenvalue weighted by Gasteiger charge is 2.30. The highest BCUT2D eigenvalue weighted by atomic mass is 35.5. The van der Waals surface area contributed by atoms with Crippen molar-refractivity contribution in [1.82, 2.24) is 10.2 Å². The van der Waals surface area contributed by atoms with Crippen LogP contribution >= 0.6 is 24.8 Å². The van der Waals surface area contributed by atoms with E-state index in [1.54, 1.807) is 19.2 Å². The predicted octanol–water partition coefficient (Wildman–Crippen LogP) is 4.07. The molecule has 0 saturated carbocycles. The lowest BCUT2D eigenvalue weighted by Gasteiger charge is -2.41. The summed E-state index contributed by atoms with van der Waals surface area (Å²) in [6.07, 6.45) is 3.83. The van der Waals surface area contributed by atoms with Crippen LogP contribution in [0.2, 0.25) is 0 Å². The standard InChI is InChI=1S/C23H30N2O5.2ClH/c1-27-22-12-16(13-25-11-9-19-17(14-25)4-3-10-24-19)5-7-20(22)29-15-18-6-8-21(30-18)23(26)28-2;;/h5-8,12,17,19,24H,3-4,9-11,13-15H2,1-2H3;2*1H/t17-,19+;;/m1../s1. The van der Waals surface area contributed by atoms with Gasteiger partial charge in [-0.3, -0.25) is 4.90 Å². The fourth-order valence-corrected chi connectivity index (χ4v) is 4.47. The minimum atomic E-state index is -0.503. The highest BCUT2D eigenvalue weighted by Crippen LogP contribution is 2.31. The molecule has 0 amide bonds. The summed E-state index contributed by atoms with van der Waals surface area (Å²) in [5.41, 5.74) is 1.22. The van der Waals surface area contributed by atoms with Crippen LogP contribution in [0.4, 0.5) is 0 Å². The number of benzene rings is 1. The number of piperidine rings is 2. The number of likely N-dealkylation sites (tertiary alicyclic amines) is 1. The van der Waals surface area contributed by atoms with E-state index in [0.29, 0.717) is 23.3 Å². The number of esters is 1. The van der Waals surface area contributed by atoms with Gasteiger partial charge in [-0.05, 0) is 68.1 Å². The van der Waals surface area contributed by atoms with Gasteiger partial charge in [-0.15, -0.1) is 24.8 Å². The molecule has 0 radical (unpaired) electrons. The monoisotopic (exact) mass is 486 g/mol. The van der Waals surface area contributed by atoms with E-state index in [0.717, 1.165) is 25.6 Å². The van der Waals surface area contributed by atoms with Crippen LogP contribution in [-0.4, -0.2) is 50.8 Å². The van der Waals surface area contributed by atoms with Crippen molar-refractivity contribution in [3.8, 4) is 11.5 Å². The van der Waals surface area contributed by atoms with Crippen LogP contribution in [0, 0.1) is 5.92 Å². The molecule has 2 aromatic rings. The maximum Gasteiger partial charge on any atom is 0.373 e. The molecular weight excluding hydrogens is 455 g/mol. The van der Waals surface area contributed by atoms with Gasteiger partial charge in [-0.2, -0.15) is 0 Å². The molecule has 32 heavy (non-hydrogen) atoms. The van der Waals surface area contributed by atoms with Gasteiger partial charge in [0.05, 0.1) is 14.2 Å². The molecule has 3 heterocycles. The van der Waals surface area contributed by atoms with Crippen LogP contribution < -0.4 is 14.8 Å². The van der Waals surface area contributed by atoms with E-state index in [2.05, 4.69) is 21.0 Å². The van der Waals surface area contributed by atoms with E-state index in [1.165, 1.54) is 38.5 Å². The molecule has 7 nitrogen and oxygen atoms in total. The van der Waals surface area contributed by atoms with E-state index in [4.69, 9.17) is 13.9 Å². The number of nitrogens with one attached hydrogen (secondary N) is 1. The first-order valence-electron chi connectivity index (χ1n) is 10.6. The molecule has 2 aliphatic rings. The van der Waals surface area contributed by atoms with Crippen molar-refractivity contribution in [3.63, 3.8) is 0 Å². The second-order valence-electron chi connectivity index (χ2n) is 8.02. The number of rotatable bonds is 7. The summed E-state index contributed by atoms with van der Waals surface area (Å²) in [5.74, 6) is 2.31. The number of halogens is 2. The summed E-state index contributed by atoms with van der Waals surface area (Å²) in [5, 5.41) is 3.67. The van der Waals surface area contributed by atoms with E-state index in [1.807, 2.05) is 12.1 Å². The zero-order valence-corrected chi connectivity index (χ0v) is 20.1. The molecule has 0 aliphatic carbocycles. The molecule has 9 heteroatoms. The first kappa shape index (κ1) is 26.3. The smallest absolute Gasteiger partial charge is 0.373 e. The Morgan fingerprint density at radius 2 is 2.00 bits per heavy atom. The summed E-state index contributed by atoms with van der Waals surface area (Å²) in [6.45, 7) is 4.56. The van der Waals surface area contributed by atoms with Crippen LogP contribution in [0.5, 0.6) is 11.5 Å². The summed E-state index contributed by atoms with van der Waals surface area (Å²) in [6, 6.07) is 10.1. The lowest BCUT2D eigenvalue weighted by Crippen LogP contribution is -2.51. The maximum atomic E-state index is 11.5. The van der Waals surface area contributed by atoms with Gasteiger partial charge in [0.25, 0.3) is 0 Å². The van der Waals surface area contributed by atoms with Gasteiger partial charge >= 0.3 is 5.97 Å². The largest absolute Gasteiger partial charge is 0.493 e. The molecule has 2 fully saturated rings. The average molecular weight is 487 g/mol. The Hall–Kier alpha value is -1.93. The van der Waals surface area contributed by atoms with Gasteiger partial charge in [0.15, 0.2) is 11.5 Å². The zero-order valence-electron chi connectivity index (χ0n) is 18.5. The van der Waals surface area contributed by atoms with Gasteiger partial charge in [0.1, 0.15) is 12.4 Å². The zero-order chi connectivity index (χ0) is 20.9. The molecule has 2 atom stereocenters. The number of hydrogen-bond donors (Lipinski definition) is 1. The number of methoxy groups -OCH3 is 2. The lowest BCUT2D eigenvalue weighted by atomic mass is 9.85. The normalized spacial score (nSPS) is 20.3. The highest BCUT2D eigenvalue weighted by molar-refractivity contribution is 5.86. The number of furan rings is 1. The summed E-state index contributed by atoms with van der Waals surface area (Å²) in [7, 11) is 2.97. The number of fused-ring (bicyclic) bond motifs is 1. The van der Waals surface area contributed by atoms with Gasteiger partial charge in [-0.1, -0.05) is 6.07 Å². The van der Waals surface area contributed by atoms with E-state index in [9.17, 15) is 4.79 Å². The van der Waals surface area contributed by atoms with Crippen LogP contribution in [-0.2, 0) is 17.9 Å². The van der Waals surface area contributed by atoms with Gasteiger partial charge < -0.3 is 23.9 Å². The van der Waals surface area contributed by atoms with Gasteiger partial charge in [0.2, 0.25) is 5.76 Å². The topological polar surface area (TPSA) is 73.2 Å². The molecule has 0 unspecified atom stereocenters. The maximum absolute atomic E-state index is 11.5. The Balaban J connectivity index is 0.00000181. The summed E-state index contributed by atoms with van der Waals surface area (Å²) >= 11 is 0. The molecule has 1 N–H and O–H groups in total. The van der Waals surface area contributed by atoms with Gasteiger partial charge in [-0.25, -0.2) is 4.79 Å². The number of carbonyl (C=O) groups is 1. The Morgan fingerprint density at radius 1 is 1.16 bits per heavy atom. The van der Waals surface area contributed by atoms with Crippen molar-refractivity contribution in [2.75, 3.05) is 33.9 Å². The van der Waals surface area contributed by atoms with E-state index in [-0.39, 0.29) is 37.2 Å². The fourth-order valence-electron chi connectivity index (χ4n) is 4.47. The van der Waals surface area contributed by atoms with Crippen molar-refractivity contribution < 1.29 is 23.4 Å². The minimum Gasteiger partial charge on any atom is -0.493 e. The first-order valence-corrected chi connectivity index (χ1v) is 10.6. The van der Waals surface area contributed by atoms with Crippen LogP contribution in [0.25, 0.3) is 0 Å². The lowest BCUT2D eigenvalue weighted by molar-refractivity contribution is 0.0561. The average Bonchev–Trinajstić information content (AvgIpc) is 3.26. The molecule has 2 saturated heterocycles. The van der Waals surface area contributed by atoms with Crippen LogP contribution in [0.1, 0.15) is 41.1 Å². The van der Waals surface area contributed by atoms with Crippen molar-refractivity contribution in [1.29, 1.82) is 0 Å². The minimum absolute atomic E-state index is 0. The SMILES string of the molecule is COC(=O)c1ccc(COc2ccc(CN3CC[C@@H]4NCCC[C@@H]4C3)cc2OC)o1.Cl.Cl. The molecular formula is C23H32Cl2N2O5. The van der Waals surface area contributed by atoms with Crippen molar-refractivity contribution >= 4 is 30.8 Å². The second-order valence-corrected chi connectivity index (χ2v) is 8.02. The first-order chi connectivity index (χ1) is 14.7. The second kappa shape index (κ2) is 12.3. The quantitative estimate of drug-likeness (QED) is 0.591.